The van der Waals surface area contributed by atoms with Gasteiger partial charge in [0.05, 0.1) is 22.6 Å². The molecule has 15 heteroatoms. The van der Waals surface area contributed by atoms with Crippen molar-refractivity contribution in [2.45, 2.75) is 89.1 Å². The molecule has 3 aromatic carbocycles. The summed E-state index contributed by atoms with van der Waals surface area (Å²) in [6, 6.07) is 21.4. The van der Waals surface area contributed by atoms with Crippen LogP contribution in [0.3, 0.4) is 0 Å². The Morgan fingerprint density at radius 3 is 2.35 bits per heavy atom. The van der Waals surface area contributed by atoms with Gasteiger partial charge in [0.1, 0.15) is 35.4 Å². The summed E-state index contributed by atoms with van der Waals surface area (Å²) < 4.78 is 7.91. The number of nitrogens with one attached hydrogen (secondary N) is 2. The van der Waals surface area contributed by atoms with Crippen molar-refractivity contribution in [2.24, 2.45) is 0 Å². The molecule has 0 radical (unpaired) electrons. The average Bonchev–Trinajstić information content (AvgIpc) is 3.77. The van der Waals surface area contributed by atoms with E-state index in [-0.39, 0.29) is 35.9 Å². The monoisotopic (exact) mass is 811 g/mol. The Morgan fingerprint density at radius 1 is 0.833 bits per heavy atom. The number of hydrogen-bond acceptors (Lipinski definition) is 11. The average molecular weight is 812 g/mol. The van der Waals surface area contributed by atoms with Crippen LogP contribution in [0, 0.1) is 0 Å². The molecule has 2 atom stereocenters. The number of ether oxygens (including phenoxy) is 1. The van der Waals surface area contributed by atoms with E-state index in [2.05, 4.69) is 20.6 Å². The van der Waals surface area contributed by atoms with Crippen LogP contribution in [0.2, 0.25) is 0 Å². The van der Waals surface area contributed by atoms with E-state index in [1.54, 1.807) is 18.2 Å². The minimum Gasteiger partial charge on any atom is -0.457 e. The van der Waals surface area contributed by atoms with Crippen LogP contribution in [-0.2, 0) is 14.4 Å². The van der Waals surface area contributed by atoms with Crippen molar-refractivity contribution in [1.82, 2.24) is 34.9 Å². The van der Waals surface area contributed by atoms with Gasteiger partial charge in [-0.3, -0.25) is 34.2 Å². The fourth-order valence-corrected chi connectivity index (χ4v) is 8.40. The van der Waals surface area contributed by atoms with Gasteiger partial charge < -0.3 is 20.7 Å². The molecule has 5 amide bonds. The number of anilines is 2. The number of amides is 5. The molecule has 5 heterocycles. The second-order valence-electron chi connectivity index (χ2n) is 15.7. The maximum absolute atomic E-state index is 13.4. The third-order valence-electron chi connectivity index (χ3n) is 11.6. The molecule has 2 saturated heterocycles. The molecule has 0 saturated carbocycles. The van der Waals surface area contributed by atoms with Gasteiger partial charge in [-0.2, -0.15) is 5.10 Å². The molecule has 4 N–H and O–H groups in total. The third-order valence-corrected chi connectivity index (χ3v) is 11.6. The summed E-state index contributed by atoms with van der Waals surface area (Å²) in [5.41, 5.74) is 9.91. The minimum atomic E-state index is -0.978. The molecule has 0 bridgehead atoms. The molecule has 0 aliphatic carbocycles. The topological polar surface area (TPSA) is 195 Å². The number of rotatable bonds is 16. The summed E-state index contributed by atoms with van der Waals surface area (Å²) in [5.74, 6) is -0.0342. The number of carbonyl (C=O) groups excluding carboxylic acids is 5. The van der Waals surface area contributed by atoms with E-state index in [9.17, 15) is 24.0 Å². The number of fused-ring (bicyclic) bond motifs is 2. The van der Waals surface area contributed by atoms with Gasteiger partial charge in [-0.25, -0.2) is 14.6 Å². The molecule has 15 nitrogen and oxygen atoms in total. The van der Waals surface area contributed by atoms with Crippen molar-refractivity contribution >= 4 is 52.1 Å². The van der Waals surface area contributed by atoms with E-state index >= 15 is 0 Å². The number of para-hydroxylation sites is 1. The number of unbranched alkanes of at least 4 members (excludes halogenated alkanes) is 6. The predicted molar refractivity (Wildman–Crippen MR) is 225 cm³/mol. The lowest BCUT2D eigenvalue weighted by Gasteiger charge is -2.33. The number of carbonyl (C=O) groups is 5. The number of nitrogens with two attached hydrogens (primary N) is 1. The van der Waals surface area contributed by atoms with Crippen LogP contribution >= 0.6 is 0 Å². The number of nitrogens with zero attached hydrogens (tertiary/aromatic N) is 6. The Labute approximate surface area is 347 Å². The zero-order valence-electron chi connectivity index (χ0n) is 33.5. The second-order valence-corrected chi connectivity index (χ2v) is 15.7. The SMILES string of the molecule is Nc1ncnc2c1c(-c1ccc(Oc3ccccc3)cc1)nn2C1CCCN(C(=O)CCCCCCCCCNc2ccc3c(c2)C(=O)N(C2CCC(=O)NC2=O)C3=O)C1. The van der Waals surface area contributed by atoms with E-state index < -0.39 is 29.7 Å². The Morgan fingerprint density at radius 2 is 1.57 bits per heavy atom. The van der Waals surface area contributed by atoms with Crippen LogP contribution in [0.1, 0.15) is 104 Å². The van der Waals surface area contributed by atoms with Gasteiger partial charge in [0.15, 0.2) is 5.65 Å². The lowest BCUT2D eigenvalue weighted by atomic mass is 10.0. The zero-order chi connectivity index (χ0) is 41.6. The first-order valence-corrected chi connectivity index (χ1v) is 20.9. The summed E-state index contributed by atoms with van der Waals surface area (Å²) in [6.07, 6.45) is 11.0. The number of benzene rings is 3. The Kier molecular flexibility index (Phi) is 12.1. The third kappa shape index (κ3) is 8.70. The smallest absolute Gasteiger partial charge is 0.262 e. The molecule has 2 unspecified atom stereocenters. The summed E-state index contributed by atoms with van der Waals surface area (Å²) >= 11 is 0. The Hall–Kier alpha value is -6.64. The summed E-state index contributed by atoms with van der Waals surface area (Å²) in [4.78, 5) is 75.1. The number of piperidine rings is 2. The molecule has 0 spiro atoms. The number of aromatic nitrogens is 4. The highest BCUT2D eigenvalue weighted by atomic mass is 16.5. The molecule has 310 valence electrons. The Balaban J connectivity index is 0.753. The van der Waals surface area contributed by atoms with E-state index in [1.807, 2.05) is 64.2 Å². The van der Waals surface area contributed by atoms with E-state index in [1.165, 1.54) is 6.33 Å². The van der Waals surface area contributed by atoms with Gasteiger partial charge >= 0.3 is 0 Å². The zero-order valence-corrected chi connectivity index (χ0v) is 33.5. The van der Waals surface area contributed by atoms with Crippen molar-refractivity contribution in [3.05, 3.63) is 90.3 Å². The summed E-state index contributed by atoms with van der Waals surface area (Å²) in [7, 11) is 0. The van der Waals surface area contributed by atoms with Gasteiger partial charge in [0.2, 0.25) is 17.7 Å². The van der Waals surface area contributed by atoms with Gasteiger partial charge in [-0.05, 0) is 86.7 Å². The quantitative estimate of drug-likeness (QED) is 0.0712. The van der Waals surface area contributed by atoms with Crippen molar-refractivity contribution < 1.29 is 28.7 Å². The Bertz CT molecular complexity index is 2400. The van der Waals surface area contributed by atoms with E-state index in [0.717, 1.165) is 92.8 Å². The summed E-state index contributed by atoms with van der Waals surface area (Å²) in [6.45, 7) is 2.02. The molecule has 2 aromatic heterocycles. The number of imide groups is 2. The molecule has 2 fully saturated rings. The fourth-order valence-electron chi connectivity index (χ4n) is 8.40. The maximum Gasteiger partial charge on any atom is 0.262 e. The molecular weight excluding hydrogens is 763 g/mol. The van der Waals surface area contributed by atoms with Gasteiger partial charge in [0, 0.05) is 43.7 Å². The minimum absolute atomic E-state index is 0.0341. The first-order valence-electron chi connectivity index (χ1n) is 20.9. The largest absolute Gasteiger partial charge is 0.457 e. The first-order chi connectivity index (χ1) is 29.2. The number of likely N-dealkylation sites (tertiary alicyclic amines) is 1. The lowest BCUT2D eigenvalue weighted by molar-refractivity contribution is -0.136. The first kappa shape index (κ1) is 40.2. The highest BCUT2D eigenvalue weighted by molar-refractivity contribution is 6.23. The van der Waals surface area contributed by atoms with Crippen LogP contribution in [0.5, 0.6) is 11.5 Å². The van der Waals surface area contributed by atoms with Crippen molar-refractivity contribution in [3.8, 4) is 22.8 Å². The summed E-state index contributed by atoms with van der Waals surface area (Å²) in [5, 5.41) is 11.3. The van der Waals surface area contributed by atoms with E-state index in [4.69, 9.17) is 15.6 Å². The fraction of sp³-hybridized carbons (Fsp3) is 0.378. The van der Waals surface area contributed by atoms with Crippen molar-refractivity contribution in [3.63, 3.8) is 0 Å². The van der Waals surface area contributed by atoms with Crippen LogP contribution in [0.25, 0.3) is 22.3 Å². The molecule has 3 aliphatic heterocycles. The van der Waals surface area contributed by atoms with Gasteiger partial charge in [0.25, 0.3) is 11.8 Å². The normalized spacial score (nSPS) is 17.9. The molecular formula is C45H49N9O6. The van der Waals surface area contributed by atoms with E-state index in [0.29, 0.717) is 41.3 Å². The van der Waals surface area contributed by atoms with Crippen molar-refractivity contribution in [1.29, 1.82) is 0 Å². The van der Waals surface area contributed by atoms with Gasteiger partial charge in [-0.15, -0.1) is 0 Å². The predicted octanol–water partition coefficient (Wildman–Crippen LogP) is 6.67. The highest BCUT2D eigenvalue weighted by Gasteiger charge is 2.44. The lowest BCUT2D eigenvalue weighted by Crippen LogP contribution is -2.54. The van der Waals surface area contributed by atoms with Gasteiger partial charge in [-0.1, -0.05) is 50.3 Å². The number of hydrogen-bond donors (Lipinski definition) is 3. The van der Waals surface area contributed by atoms with Crippen LogP contribution in [0.4, 0.5) is 11.5 Å². The molecule has 3 aliphatic rings. The standard InChI is InChI=1S/C45H49N9O6/c46-41-39-40(29-16-19-33(20-17-29)60-32-13-7-6-8-14-32)51-54(42(39)49-28-48-41)31-12-11-25-52(27-31)38(56)15-9-4-2-1-3-5-10-24-47-30-18-21-34-35(26-30)45(59)53(44(34)58)36-22-23-37(55)50-43(36)57/h6-8,13-14,16-21,26,28,31,36,47H,1-5,9-12,15,22-25,27H2,(H2,46,48,49)(H,50,55,57). The maximum atomic E-state index is 13.4. The van der Waals surface area contributed by atoms with Crippen LogP contribution in [-0.4, -0.2) is 84.8 Å². The molecule has 8 rings (SSSR count). The highest BCUT2D eigenvalue weighted by Crippen LogP contribution is 2.35. The number of nitrogen functional groups attached to an aromatic ring is 1. The van der Waals surface area contributed by atoms with Crippen molar-refractivity contribution in [2.75, 3.05) is 30.7 Å². The molecule has 60 heavy (non-hydrogen) atoms. The molecule has 5 aromatic rings. The second kappa shape index (κ2) is 18.1. The van der Waals surface area contributed by atoms with Crippen LogP contribution in [0.15, 0.2) is 79.1 Å². The van der Waals surface area contributed by atoms with Crippen LogP contribution < -0.4 is 21.1 Å².